The molecule has 21 heavy (non-hydrogen) atoms. The minimum Gasteiger partial charge on any atom is -0.306 e. The van der Waals surface area contributed by atoms with E-state index in [1.807, 2.05) is 0 Å². The number of hydrogen-bond acceptors (Lipinski definition) is 1. The second-order valence-corrected chi connectivity index (χ2v) is 6.40. The van der Waals surface area contributed by atoms with E-state index in [0.29, 0.717) is 0 Å². The van der Waals surface area contributed by atoms with Crippen molar-refractivity contribution in [3.8, 4) is 0 Å². The van der Waals surface area contributed by atoms with Crippen molar-refractivity contribution in [1.82, 2.24) is 5.32 Å². The monoisotopic (exact) mass is 345 g/mol. The lowest BCUT2D eigenvalue weighted by atomic mass is 9.94. The van der Waals surface area contributed by atoms with Crippen molar-refractivity contribution in [2.24, 2.45) is 0 Å². The molecule has 1 unspecified atom stereocenters. The van der Waals surface area contributed by atoms with Crippen LogP contribution in [0.25, 0.3) is 0 Å². The van der Waals surface area contributed by atoms with E-state index >= 15 is 0 Å². The molecule has 0 bridgehead atoms. The van der Waals surface area contributed by atoms with E-state index in [9.17, 15) is 0 Å². The fraction of sp³-hybridized carbons (Fsp3) is 0.368. The highest BCUT2D eigenvalue weighted by atomic mass is 79.9. The molecule has 0 aromatic heterocycles. The van der Waals surface area contributed by atoms with Crippen LogP contribution in [0.5, 0.6) is 0 Å². The normalized spacial score (nSPS) is 12.4. The van der Waals surface area contributed by atoms with Crippen LogP contribution in [0.2, 0.25) is 0 Å². The highest BCUT2D eigenvalue weighted by Gasteiger charge is 2.15. The van der Waals surface area contributed by atoms with Crippen molar-refractivity contribution in [1.29, 1.82) is 0 Å². The van der Waals surface area contributed by atoms with E-state index in [0.717, 1.165) is 23.9 Å². The van der Waals surface area contributed by atoms with Gasteiger partial charge in [0.2, 0.25) is 0 Å². The Kier molecular flexibility index (Phi) is 6.01. The number of halogens is 1. The fourth-order valence-corrected chi connectivity index (χ4v) is 2.94. The molecule has 0 radical (unpaired) electrons. The molecule has 2 heteroatoms. The summed E-state index contributed by atoms with van der Waals surface area (Å²) in [6.45, 7) is 7.60. The standard InChI is InChI=1S/C19H24BrN/c1-4-12-21-19(16-9-7-15(5-2)8-10-16)18-13-17(20)11-6-14(18)3/h6-11,13,19,21H,4-5,12H2,1-3H3. The van der Waals surface area contributed by atoms with Crippen molar-refractivity contribution in [2.75, 3.05) is 6.54 Å². The minimum atomic E-state index is 0.258. The SMILES string of the molecule is CCCNC(c1ccc(CC)cc1)c1cc(Br)ccc1C. The van der Waals surface area contributed by atoms with Gasteiger partial charge in [-0.1, -0.05) is 60.1 Å². The first-order valence-corrected chi connectivity index (χ1v) is 8.53. The molecule has 0 heterocycles. The molecule has 1 nitrogen and oxygen atoms in total. The summed E-state index contributed by atoms with van der Waals surface area (Å²) >= 11 is 3.60. The molecular formula is C19H24BrN. The third-order valence-corrected chi connectivity index (χ3v) is 4.37. The van der Waals surface area contributed by atoms with Gasteiger partial charge in [-0.05, 0) is 60.7 Å². The molecule has 0 aliphatic rings. The van der Waals surface area contributed by atoms with E-state index in [1.165, 1.54) is 22.3 Å². The van der Waals surface area contributed by atoms with Crippen LogP contribution in [0.15, 0.2) is 46.9 Å². The Hall–Kier alpha value is -1.12. The molecule has 0 spiro atoms. The Morgan fingerprint density at radius 3 is 2.38 bits per heavy atom. The lowest BCUT2D eigenvalue weighted by molar-refractivity contribution is 0.596. The first kappa shape index (κ1) is 16.3. The third kappa shape index (κ3) is 4.18. The molecule has 0 amide bonds. The van der Waals surface area contributed by atoms with Gasteiger partial charge in [0.05, 0.1) is 6.04 Å². The fourth-order valence-electron chi connectivity index (χ4n) is 2.56. The van der Waals surface area contributed by atoms with Crippen LogP contribution in [-0.2, 0) is 6.42 Å². The van der Waals surface area contributed by atoms with Gasteiger partial charge in [0.1, 0.15) is 0 Å². The van der Waals surface area contributed by atoms with Gasteiger partial charge in [0, 0.05) is 4.47 Å². The molecular weight excluding hydrogens is 322 g/mol. The summed E-state index contributed by atoms with van der Waals surface area (Å²) in [4.78, 5) is 0. The van der Waals surface area contributed by atoms with Gasteiger partial charge in [-0.3, -0.25) is 0 Å². The smallest absolute Gasteiger partial charge is 0.0579 e. The van der Waals surface area contributed by atoms with Gasteiger partial charge in [-0.25, -0.2) is 0 Å². The summed E-state index contributed by atoms with van der Waals surface area (Å²) in [6, 6.07) is 15.8. The van der Waals surface area contributed by atoms with Crippen molar-refractivity contribution < 1.29 is 0 Å². The van der Waals surface area contributed by atoms with Crippen molar-refractivity contribution >= 4 is 15.9 Å². The maximum atomic E-state index is 3.69. The molecule has 0 aliphatic heterocycles. The zero-order valence-electron chi connectivity index (χ0n) is 13.1. The Labute approximate surface area is 136 Å². The van der Waals surface area contributed by atoms with Gasteiger partial charge in [0.25, 0.3) is 0 Å². The second-order valence-electron chi connectivity index (χ2n) is 5.48. The third-order valence-electron chi connectivity index (χ3n) is 3.87. The zero-order valence-corrected chi connectivity index (χ0v) is 14.7. The lowest BCUT2D eigenvalue weighted by Crippen LogP contribution is -2.24. The first-order valence-electron chi connectivity index (χ1n) is 7.74. The van der Waals surface area contributed by atoms with Crippen LogP contribution in [0.4, 0.5) is 0 Å². The molecule has 2 aromatic rings. The van der Waals surface area contributed by atoms with Crippen LogP contribution in [0.1, 0.15) is 48.6 Å². The number of rotatable bonds is 6. The number of nitrogens with one attached hydrogen (secondary N) is 1. The Bertz CT molecular complexity index is 575. The topological polar surface area (TPSA) is 12.0 Å². The van der Waals surface area contributed by atoms with Gasteiger partial charge >= 0.3 is 0 Å². The maximum absolute atomic E-state index is 3.69. The van der Waals surface area contributed by atoms with Crippen LogP contribution in [-0.4, -0.2) is 6.54 Å². The van der Waals surface area contributed by atoms with Crippen LogP contribution < -0.4 is 5.32 Å². The van der Waals surface area contributed by atoms with E-state index in [1.54, 1.807) is 0 Å². The van der Waals surface area contributed by atoms with E-state index in [-0.39, 0.29) is 6.04 Å². The lowest BCUT2D eigenvalue weighted by Gasteiger charge is -2.22. The molecule has 0 fully saturated rings. The Morgan fingerprint density at radius 1 is 1.05 bits per heavy atom. The Balaban J connectivity index is 2.38. The van der Waals surface area contributed by atoms with Gasteiger partial charge in [0.15, 0.2) is 0 Å². The largest absolute Gasteiger partial charge is 0.306 e. The van der Waals surface area contributed by atoms with Gasteiger partial charge < -0.3 is 5.32 Å². The molecule has 2 aromatic carbocycles. The molecule has 1 atom stereocenters. The highest BCUT2D eigenvalue weighted by Crippen LogP contribution is 2.28. The van der Waals surface area contributed by atoms with Crippen LogP contribution >= 0.6 is 15.9 Å². The summed E-state index contributed by atoms with van der Waals surface area (Å²) < 4.78 is 1.14. The van der Waals surface area contributed by atoms with E-state index < -0.39 is 0 Å². The number of aryl methyl sites for hydroxylation is 2. The summed E-state index contributed by atoms with van der Waals surface area (Å²) in [5, 5.41) is 3.69. The first-order chi connectivity index (χ1) is 10.2. The molecule has 112 valence electrons. The molecule has 2 rings (SSSR count). The Morgan fingerprint density at radius 2 is 1.76 bits per heavy atom. The predicted molar refractivity (Wildman–Crippen MR) is 94.8 cm³/mol. The van der Waals surface area contributed by atoms with Gasteiger partial charge in [-0.15, -0.1) is 0 Å². The number of hydrogen-bond donors (Lipinski definition) is 1. The summed E-state index contributed by atoms with van der Waals surface area (Å²) in [5.74, 6) is 0. The second kappa shape index (κ2) is 7.77. The molecule has 1 N–H and O–H groups in total. The van der Waals surface area contributed by atoms with E-state index in [4.69, 9.17) is 0 Å². The van der Waals surface area contributed by atoms with Crippen molar-refractivity contribution in [3.05, 3.63) is 69.2 Å². The van der Waals surface area contributed by atoms with Crippen LogP contribution in [0, 0.1) is 6.92 Å². The average molecular weight is 346 g/mol. The average Bonchev–Trinajstić information content (AvgIpc) is 2.51. The summed E-state index contributed by atoms with van der Waals surface area (Å²) in [5.41, 5.74) is 5.40. The maximum Gasteiger partial charge on any atom is 0.0579 e. The summed E-state index contributed by atoms with van der Waals surface area (Å²) in [6.07, 6.45) is 2.22. The molecule has 0 saturated carbocycles. The zero-order chi connectivity index (χ0) is 15.2. The van der Waals surface area contributed by atoms with Crippen molar-refractivity contribution in [2.45, 2.75) is 39.7 Å². The quantitative estimate of drug-likeness (QED) is 0.737. The van der Waals surface area contributed by atoms with E-state index in [2.05, 4.69) is 84.5 Å². The van der Waals surface area contributed by atoms with Crippen molar-refractivity contribution in [3.63, 3.8) is 0 Å². The predicted octanol–water partition coefficient (Wildman–Crippen LogP) is 5.41. The van der Waals surface area contributed by atoms with Crippen LogP contribution in [0.3, 0.4) is 0 Å². The minimum absolute atomic E-state index is 0.258. The molecule has 0 aliphatic carbocycles. The van der Waals surface area contributed by atoms with Gasteiger partial charge in [-0.2, -0.15) is 0 Å². The summed E-state index contributed by atoms with van der Waals surface area (Å²) in [7, 11) is 0. The molecule has 0 saturated heterocycles. The highest BCUT2D eigenvalue weighted by molar-refractivity contribution is 9.10. The number of benzene rings is 2.